The first-order valence-corrected chi connectivity index (χ1v) is 10.0. The number of methoxy groups -OCH3 is 1. The zero-order valence-corrected chi connectivity index (χ0v) is 18.4. The average Bonchev–Trinajstić information content (AvgIpc) is 2.72. The van der Waals surface area contributed by atoms with Crippen LogP contribution in [-0.4, -0.2) is 50.6 Å². The van der Waals surface area contributed by atoms with E-state index in [1.165, 1.54) is 0 Å². The van der Waals surface area contributed by atoms with E-state index in [9.17, 15) is 9.59 Å². The molecule has 0 saturated carbocycles. The molecule has 0 spiro atoms. The van der Waals surface area contributed by atoms with Gasteiger partial charge in [-0.2, -0.15) is 0 Å². The Balaban J connectivity index is 1.95. The quantitative estimate of drug-likeness (QED) is 0.591. The molecule has 0 unspecified atom stereocenters. The molecule has 7 nitrogen and oxygen atoms in total. The summed E-state index contributed by atoms with van der Waals surface area (Å²) in [6.45, 7) is 4.66. The highest BCUT2D eigenvalue weighted by molar-refractivity contribution is 5.94. The van der Waals surface area contributed by atoms with Gasteiger partial charge in [-0.05, 0) is 51.7 Å². The molecule has 0 aliphatic heterocycles. The maximum absolute atomic E-state index is 12.6. The summed E-state index contributed by atoms with van der Waals surface area (Å²) in [5.74, 6) is 0.651. The second-order valence-corrected chi connectivity index (χ2v) is 7.61. The smallest absolute Gasteiger partial charge is 0.315 e. The Hall–Kier alpha value is -3.06. The van der Waals surface area contributed by atoms with Gasteiger partial charge in [-0.15, -0.1) is 0 Å². The summed E-state index contributed by atoms with van der Waals surface area (Å²) in [6.07, 6.45) is 0. The average molecular weight is 413 g/mol. The van der Waals surface area contributed by atoms with E-state index in [2.05, 4.69) is 20.9 Å². The van der Waals surface area contributed by atoms with Crippen molar-refractivity contribution < 1.29 is 14.3 Å². The van der Waals surface area contributed by atoms with E-state index < -0.39 is 0 Å². The molecule has 0 aliphatic rings. The lowest BCUT2D eigenvalue weighted by Crippen LogP contribution is -2.39. The Bertz CT molecular complexity index is 835. The van der Waals surface area contributed by atoms with Crippen molar-refractivity contribution in [2.24, 2.45) is 0 Å². The second kappa shape index (κ2) is 11.2. The van der Waals surface area contributed by atoms with Crippen molar-refractivity contribution in [2.45, 2.75) is 32.5 Å². The number of amides is 3. The number of para-hydroxylation sites is 1. The van der Waals surface area contributed by atoms with Crippen LogP contribution in [-0.2, 0) is 6.54 Å². The number of hydrogen-bond donors (Lipinski definition) is 3. The van der Waals surface area contributed by atoms with Crippen LogP contribution in [0.1, 0.15) is 41.4 Å². The van der Waals surface area contributed by atoms with Crippen LogP contribution in [0, 0.1) is 0 Å². The zero-order chi connectivity index (χ0) is 22.1. The molecular weight excluding hydrogens is 380 g/mol. The highest BCUT2D eigenvalue weighted by Crippen LogP contribution is 2.27. The SMILES string of the molecule is COc1ccccc1[C@@H](CNC(=O)c1ccc(CNC(=O)NC(C)C)cc1)N(C)C. The van der Waals surface area contributed by atoms with Crippen molar-refractivity contribution in [1.29, 1.82) is 0 Å². The molecule has 3 amide bonds. The predicted molar refractivity (Wildman–Crippen MR) is 119 cm³/mol. The van der Waals surface area contributed by atoms with Crippen LogP contribution in [0.2, 0.25) is 0 Å². The van der Waals surface area contributed by atoms with Gasteiger partial charge in [0.15, 0.2) is 0 Å². The lowest BCUT2D eigenvalue weighted by atomic mass is 10.0. The van der Waals surface area contributed by atoms with Gasteiger partial charge in [-0.1, -0.05) is 30.3 Å². The molecule has 162 valence electrons. The van der Waals surface area contributed by atoms with Crippen LogP contribution in [0.3, 0.4) is 0 Å². The van der Waals surface area contributed by atoms with Crippen molar-refractivity contribution in [2.75, 3.05) is 27.7 Å². The van der Waals surface area contributed by atoms with Gasteiger partial charge in [0.2, 0.25) is 0 Å². The summed E-state index contributed by atoms with van der Waals surface area (Å²) in [5.41, 5.74) is 2.51. The van der Waals surface area contributed by atoms with Crippen molar-refractivity contribution in [1.82, 2.24) is 20.9 Å². The van der Waals surface area contributed by atoms with Crippen LogP contribution in [0.15, 0.2) is 48.5 Å². The molecular formula is C23H32N4O3. The van der Waals surface area contributed by atoms with Crippen molar-refractivity contribution in [3.05, 3.63) is 65.2 Å². The van der Waals surface area contributed by atoms with E-state index in [0.717, 1.165) is 16.9 Å². The monoisotopic (exact) mass is 412 g/mol. The molecule has 0 radical (unpaired) electrons. The summed E-state index contributed by atoms with van der Waals surface area (Å²) < 4.78 is 5.47. The number of ether oxygens (including phenoxy) is 1. The number of nitrogens with one attached hydrogen (secondary N) is 3. The van der Waals surface area contributed by atoms with E-state index in [4.69, 9.17) is 4.74 Å². The van der Waals surface area contributed by atoms with Crippen LogP contribution in [0.5, 0.6) is 5.75 Å². The minimum atomic E-state index is -0.210. The van der Waals surface area contributed by atoms with Crippen LogP contribution < -0.4 is 20.7 Å². The number of carbonyl (C=O) groups excluding carboxylic acids is 2. The van der Waals surface area contributed by atoms with Crippen molar-refractivity contribution in [3.63, 3.8) is 0 Å². The summed E-state index contributed by atoms with van der Waals surface area (Å²) in [4.78, 5) is 26.3. The predicted octanol–water partition coefficient (Wildman–Crippen LogP) is 2.94. The maximum Gasteiger partial charge on any atom is 0.315 e. The lowest BCUT2D eigenvalue weighted by molar-refractivity contribution is 0.0941. The molecule has 2 aromatic carbocycles. The number of urea groups is 1. The van der Waals surface area contributed by atoms with E-state index in [1.54, 1.807) is 19.2 Å². The number of rotatable bonds is 9. The summed E-state index contributed by atoms with van der Waals surface area (Å²) in [5, 5.41) is 8.57. The molecule has 3 N–H and O–H groups in total. The molecule has 0 heterocycles. The van der Waals surface area contributed by atoms with E-state index >= 15 is 0 Å². The maximum atomic E-state index is 12.6. The second-order valence-electron chi connectivity index (χ2n) is 7.61. The molecule has 0 aliphatic carbocycles. The van der Waals surface area contributed by atoms with Crippen molar-refractivity contribution in [3.8, 4) is 5.75 Å². The largest absolute Gasteiger partial charge is 0.496 e. The number of benzene rings is 2. The fraction of sp³-hybridized carbons (Fsp3) is 0.391. The van der Waals surface area contributed by atoms with Crippen LogP contribution in [0.4, 0.5) is 4.79 Å². The van der Waals surface area contributed by atoms with Gasteiger partial charge >= 0.3 is 6.03 Å². The molecule has 30 heavy (non-hydrogen) atoms. The molecule has 2 rings (SSSR count). The Morgan fingerprint density at radius 3 is 2.27 bits per heavy atom. The number of nitrogens with zero attached hydrogens (tertiary/aromatic N) is 1. The van der Waals surface area contributed by atoms with Gasteiger partial charge in [0.1, 0.15) is 5.75 Å². The topological polar surface area (TPSA) is 82.7 Å². The highest BCUT2D eigenvalue weighted by atomic mass is 16.5. The highest BCUT2D eigenvalue weighted by Gasteiger charge is 2.19. The van der Waals surface area contributed by atoms with Gasteiger partial charge in [0.25, 0.3) is 5.91 Å². The fourth-order valence-corrected chi connectivity index (χ4v) is 3.07. The van der Waals surface area contributed by atoms with Crippen LogP contribution in [0.25, 0.3) is 0 Å². The Labute approximate surface area is 178 Å². The van der Waals surface area contributed by atoms with Gasteiger partial charge in [-0.25, -0.2) is 4.79 Å². The number of hydrogen-bond acceptors (Lipinski definition) is 4. The lowest BCUT2D eigenvalue weighted by Gasteiger charge is -2.26. The molecule has 0 aromatic heterocycles. The van der Waals surface area contributed by atoms with Crippen LogP contribution >= 0.6 is 0 Å². The summed E-state index contributed by atoms with van der Waals surface area (Å²) >= 11 is 0. The first-order chi connectivity index (χ1) is 14.3. The first kappa shape index (κ1) is 23.2. The molecule has 0 fully saturated rings. The number of likely N-dealkylation sites (N-methyl/N-ethyl adjacent to an activating group) is 1. The van der Waals surface area contributed by atoms with E-state index in [-0.39, 0.29) is 24.0 Å². The van der Waals surface area contributed by atoms with Gasteiger partial charge in [0.05, 0.1) is 13.2 Å². The minimum absolute atomic E-state index is 0.0203. The zero-order valence-electron chi connectivity index (χ0n) is 18.4. The van der Waals surface area contributed by atoms with Gasteiger partial charge in [0, 0.05) is 30.3 Å². The molecule has 7 heteroatoms. The first-order valence-electron chi connectivity index (χ1n) is 10.0. The Kier molecular flexibility index (Phi) is 8.68. The van der Waals surface area contributed by atoms with E-state index in [0.29, 0.717) is 18.7 Å². The minimum Gasteiger partial charge on any atom is -0.496 e. The summed E-state index contributed by atoms with van der Waals surface area (Å²) in [7, 11) is 5.59. The van der Waals surface area contributed by atoms with Gasteiger partial charge in [-0.3, -0.25) is 4.79 Å². The third-order valence-electron chi connectivity index (χ3n) is 4.67. The fourth-order valence-electron chi connectivity index (χ4n) is 3.07. The standard InChI is InChI=1S/C23H32N4O3/c1-16(2)26-23(29)25-14-17-10-12-18(13-11-17)22(28)24-15-20(27(3)4)19-8-6-7-9-21(19)30-5/h6-13,16,20H,14-15H2,1-5H3,(H,24,28)(H2,25,26,29)/t20-/m1/s1. The molecule has 2 aromatic rings. The molecule has 1 atom stereocenters. The Morgan fingerprint density at radius 1 is 1.00 bits per heavy atom. The normalized spacial score (nSPS) is 11.8. The third-order valence-corrected chi connectivity index (χ3v) is 4.67. The molecule has 0 bridgehead atoms. The molecule has 0 saturated heterocycles. The van der Waals surface area contributed by atoms with Gasteiger partial charge < -0.3 is 25.6 Å². The third kappa shape index (κ3) is 6.77. The van der Waals surface area contributed by atoms with E-state index in [1.807, 2.05) is 64.3 Å². The number of carbonyl (C=O) groups is 2. The Morgan fingerprint density at radius 2 is 1.67 bits per heavy atom. The van der Waals surface area contributed by atoms with Crippen molar-refractivity contribution >= 4 is 11.9 Å². The summed E-state index contributed by atoms with van der Waals surface area (Å²) in [6, 6.07) is 14.9.